The topological polar surface area (TPSA) is 66.8 Å². The lowest BCUT2D eigenvalue weighted by molar-refractivity contribution is -0.137. The number of methoxy groups -OCH3 is 1. The highest BCUT2D eigenvalue weighted by molar-refractivity contribution is 5.92. The lowest BCUT2D eigenvalue weighted by Gasteiger charge is -2.29. The Morgan fingerprint density at radius 1 is 1.12 bits per heavy atom. The van der Waals surface area contributed by atoms with E-state index in [0.717, 1.165) is 17.8 Å². The van der Waals surface area contributed by atoms with Gasteiger partial charge in [-0.25, -0.2) is 4.79 Å². The van der Waals surface area contributed by atoms with E-state index < -0.39 is 17.8 Å². The average Bonchev–Trinajstić information content (AvgIpc) is 3.14. The van der Waals surface area contributed by atoms with E-state index in [1.54, 1.807) is 12.0 Å². The van der Waals surface area contributed by atoms with Gasteiger partial charge in [0.15, 0.2) is 0 Å². The van der Waals surface area contributed by atoms with E-state index in [4.69, 9.17) is 4.74 Å². The molecule has 0 spiro atoms. The number of benzene rings is 1. The molecule has 0 saturated carbocycles. The van der Waals surface area contributed by atoms with Gasteiger partial charge in [-0.1, -0.05) is 13.8 Å². The summed E-state index contributed by atoms with van der Waals surface area (Å²) in [5, 5.41) is 2.59. The van der Waals surface area contributed by atoms with Gasteiger partial charge in [0.1, 0.15) is 6.54 Å². The van der Waals surface area contributed by atoms with E-state index in [2.05, 4.69) is 5.32 Å². The number of aryl methyl sites for hydroxylation is 1. The molecule has 0 aliphatic heterocycles. The Balaban J connectivity index is 2.12. The molecule has 1 heterocycles. The zero-order chi connectivity index (χ0) is 24.6. The second-order valence-electron chi connectivity index (χ2n) is 8.20. The molecule has 2 rings (SSSR count). The first kappa shape index (κ1) is 26.2. The number of aromatic nitrogens is 1. The second-order valence-corrected chi connectivity index (χ2v) is 8.20. The van der Waals surface area contributed by atoms with Crippen molar-refractivity contribution in [3.05, 3.63) is 53.9 Å². The van der Waals surface area contributed by atoms with Crippen LogP contribution in [-0.2, 0) is 29.3 Å². The van der Waals surface area contributed by atoms with Crippen molar-refractivity contribution in [2.75, 3.05) is 38.7 Å². The summed E-state index contributed by atoms with van der Waals surface area (Å²) >= 11 is 0. The van der Waals surface area contributed by atoms with Crippen LogP contribution < -0.4 is 5.32 Å². The minimum atomic E-state index is -4.46. The van der Waals surface area contributed by atoms with Gasteiger partial charge in [-0.15, -0.1) is 0 Å². The number of carbonyl (C=O) groups excluding carboxylic acids is 2. The number of rotatable bonds is 10. The maximum absolute atomic E-state index is 13.1. The smallest absolute Gasteiger partial charge is 0.383 e. The highest BCUT2D eigenvalue weighted by Gasteiger charge is 2.30. The second kappa shape index (κ2) is 11.7. The Morgan fingerprint density at radius 3 is 2.30 bits per heavy atom. The van der Waals surface area contributed by atoms with Crippen molar-refractivity contribution >= 4 is 17.6 Å². The van der Waals surface area contributed by atoms with E-state index in [9.17, 15) is 22.8 Å². The van der Waals surface area contributed by atoms with Crippen molar-refractivity contribution in [1.29, 1.82) is 0 Å². The molecular formula is C23H31F3N4O3. The third-order valence-corrected chi connectivity index (χ3v) is 4.98. The molecule has 3 amide bonds. The van der Waals surface area contributed by atoms with E-state index in [1.807, 2.05) is 43.8 Å². The highest BCUT2D eigenvalue weighted by atomic mass is 19.4. The number of hydrogen-bond acceptors (Lipinski definition) is 3. The summed E-state index contributed by atoms with van der Waals surface area (Å²) in [6.07, 6.45) is -2.57. The van der Waals surface area contributed by atoms with Crippen LogP contribution in [0.5, 0.6) is 0 Å². The normalized spacial score (nSPS) is 11.5. The number of hydrogen-bond donors (Lipinski definition) is 1. The molecule has 0 aliphatic carbocycles. The van der Waals surface area contributed by atoms with Crippen molar-refractivity contribution in [3.63, 3.8) is 0 Å². The van der Waals surface area contributed by atoms with Crippen LogP contribution in [0.2, 0.25) is 0 Å². The molecule has 0 atom stereocenters. The number of amides is 3. The molecule has 10 heteroatoms. The average molecular weight is 469 g/mol. The maximum Gasteiger partial charge on any atom is 0.416 e. The van der Waals surface area contributed by atoms with Gasteiger partial charge >= 0.3 is 12.2 Å². The third-order valence-electron chi connectivity index (χ3n) is 4.98. The van der Waals surface area contributed by atoms with Crippen LogP contribution >= 0.6 is 0 Å². The van der Waals surface area contributed by atoms with Gasteiger partial charge < -0.3 is 24.4 Å². The molecule has 0 saturated heterocycles. The Morgan fingerprint density at radius 2 is 1.79 bits per heavy atom. The van der Waals surface area contributed by atoms with Crippen LogP contribution in [-0.4, -0.2) is 59.7 Å². The maximum atomic E-state index is 13.1. The van der Waals surface area contributed by atoms with E-state index in [1.165, 1.54) is 17.0 Å². The van der Waals surface area contributed by atoms with E-state index >= 15 is 0 Å². The number of carbonyl (C=O) groups is 2. The lowest BCUT2D eigenvalue weighted by atomic mass is 10.2. The first-order chi connectivity index (χ1) is 15.5. The number of halogens is 3. The fourth-order valence-corrected chi connectivity index (χ4v) is 3.22. The van der Waals surface area contributed by atoms with Crippen LogP contribution in [0.1, 0.15) is 25.1 Å². The number of nitrogens with one attached hydrogen (secondary N) is 1. The molecule has 1 aromatic heterocycles. The molecular weight excluding hydrogens is 437 g/mol. The van der Waals surface area contributed by atoms with E-state index in [0.29, 0.717) is 26.2 Å². The summed E-state index contributed by atoms with van der Waals surface area (Å²) < 4.78 is 45.4. The Kier molecular flexibility index (Phi) is 9.33. The molecule has 0 bridgehead atoms. The number of alkyl halides is 3. The van der Waals surface area contributed by atoms with Crippen LogP contribution in [0.25, 0.3) is 0 Å². The van der Waals surface area contributed by atoms with Crippen molar-refractivity contribution in [1.82, 2.24) is 14.4 Å². The number of nitrogens with zero attached hydrogens (tertiary/aromatic N) is 3. The van der Waals surface area contributed by atoms with Gasteiger partial charge in [0, 0.05) is 44.8 Å². The van der Waals surface area contributed by atoms with Crippen LogP contribution in [0.4, 0.5) is 23.7 Å². The molecule has 1 N–H and O–H groups in total. The monoisotopic (exact) mass is 468 g/mol. The van der Waals surface area contributed by atoms with Crippen LogP contribution in [0.15, 0.2) is 42.6 Å². The lowest BCUT2D eigenvalue weighted by Crippen LogP contribution is -2.46. The Hall–Kier alpha value is -3.01. The van der Waals surface area contributed by atoms with Crippen molar-refractivity contribution in [2.45, 2.75) is 26.6 Å². The zero-order valence-corrected chi connectivity index (χ0v) is 19.4. The third kappa shape index (κ3) is 8.12. The molecule has 0 fully saturated rings. The molecule has 0 unspecified atom stereocenters. The predicted octanol–water partition coefficient (Wildman–Crippen LogP) is 4.21. The summed E-state index contributed by atoms with van der Waals surface area (Å²) in [6.45, 7) is 5.03. The summed E-state index contributed by atoms with van der Waals surface area (Å²) in [6, 6.07) is 7.43. The first-order valence-corrected chi connectivity index (χ1v) is 10.6. The molecule has 7 nitrogen and oxygen atoms in total. The van der Waals surface area contributed by atoms with Gasteiger partial charge in [-0.3, -0.25) is 4.79 Å². The fourth-order valence-electron chi connectivity index (χ4n) is 3.22. The van der Waals surface area contributed by atoms with Gasteiger partial charge in [0.2, 0.25) is 5.91 Å². The Bertz CT molecular complexity index is 910. The largest absolute Gasteiger partial charge is 0.416 e. The number of anilines is 1. The van der Waals surface area contributed by atoms with Gasteiger partial charge in [0.25, 0.3) is 0 Å². The van der Waals surface area contributed by atoms with Crippen molar-refractivity contribution < 1.29 is 27.5 Å². The van der Waals surface area contributed by atoms with Crippen LogP contribution in [0.3, 0.4) is 0 Å². The van der Waals surface area contributed by atoms with Gasteiger partial charge in [-0.05, 0) is 42.3 Å². The van der Waals surface area contributed by atoms with Gasteiger partial charge in [0.05, 0.1) is 18.7 Å². The molecule has 182 valence electrons. The highest BCUT2D eigenvalue weighted by Crippen LogP contribution is 2.29. The quantitative estimate of drug-likeness (QED) is 0.568. The van der Waals surface area contributed by atoms with Crippen LogP contribution in [0, 0.1) is 5.92 Å². The molecule has 0 radical (unpaired) electrons. The van der Waals surface area contributed by atoms with E-state index in [-0.39, 0.29) is 24.1 Å². The minimum Gasteiger partial charge on any atom is -0.383 e. The predicted molar refractivity (Wildman–Crippen MR) is 120 cm³/mol. The molecule has 0 aliphatic rings. The molecule has 2 aromatic rings. The summed E-state index contributed by atoms with van der Waals surface area (Å²) in [5.74, 6) is -0.173. The molecule has 33 heavy (non-hydrogen) atoms. The number of ether oxygens (including phenoxy) is 1. The summed E-state index contributed by atoms with van der Waals surface area (Å²) in [5.41, 5.74) is 0.350. The standard InChI is InChI=1S/C23H31F3N4O3/c1-17(2)14-30(22(32)27-19-9-7-18(8-10-19)23(24,25)26)16-21(31)29(12-13-33-4)15-20-6-5-11-28(20)3/h5-11,17H,12-16H2,1-4H3,(H,27,32). The van der Waals surface area contributed by atoms with Crippen molar-refractivity contribution in [3.8, 4) is 0 Å². The number of urea groups is 1. The Labute approximate surface area is 192 Å². The minimum absolute atomic E-state index is 0.0801. The SMILES string of the molecule is COCCN(Cc1cccn1C)C(=O)CN(CC(C)C)C(=O)Nc1ccc(C(F)(F)F)cc1. The van der Waals surface area contributed by atoms with Crippen molar-refractivity contribution in [2.24, 2.45) is 13.0 Å². The molecule has 1 aromatic carbocycles. The summed E-state index contributed by atoms with van der Waals surface area (Å²) in [7, 11) is 3.44. The van der Waals surface area contributed by atoms with Gasteiger partial charge in [-0.2, -0.15) is 13.2 Å². The fraction of sp³-hybridized carbons (Fsp3) is 0.478. The first-order valence-electron chi connectivity index (χ1n) is 10.6. The zero-order valence-electron chi connectivity index (χ0n) is 19.4. The summed E-state index contributed by atoms with van der Waals surface area (Å²) in [4.78, 5) is 29.0.